The minimum absolute atomic E-state index is 0.0137. The molecular weight excluding hydrogens is 216 g/mol. The first-order valence-electron chi connectivity index (χ1n) is 6.56. The molecule has 98 valence electrons. The van der Waals surface area contributed by atoms with E-state index in [9.17, 15) is 0 Å². The first kappa shape index (κ1) is 11.9. The molecule has 3 unspecified atom stereocenters. The van der Waals surface area contributed by atoms with E-state index < -0.39 is 0 Å². The Morgan fingerprint density at radius 2 is 2.00 bits per heavy atom. The summed E-state index contributed by atoms with van der Waals surface area (Å²) in [5, 5.41) is 10.4. The van der Waals surface area contributed by atoms with Crippen LogP contribution in [-0.4, -0.2) is 37.3 Å². The number of nitrogens with one attached hydrogen (secondary N) is 3. The number of fused-ring (bicyclic) bond motifs is 3. The third-order valence-corrected chi connectivity index (χ3v) is 4.81. The zero-order valence-corrected chi connectivity index (χ0v) is 10.9. The lowest BCUT2D eigenvalue weighted by atomic mass is 9.69. The lowest BCUT2D eigenvalue weighted by molar-refractivity contribution is -0.125. The van der Waals surface area contributed by atoms with E-state index >= 15 is 0 Å². The van der Waals surface area contributed by atoms with Gasteiger partial charge < -0.3 is 10.5 Å². The van der Waals surface area contributed by atoms with Crippen LogP contribution in [0.2, 0.25) is 0 Å². The predicted octanol–water partition coefficient (Wildman–Crippen LogP) is -0.459. The number of hydrogen-bond donors (Lipinski definition) is 4. The molecule has 3 rings (SSSR count). The highest BCUT2D eigenvalue weighted by atomic mass is 16.5. The van der Waals surface area contributed by atoms with Crippen molar-refractivity contribution in [2.45, 2.75) is 51.3 Å². The summed E-state index contributed by atoms with van der Waals surface area (Å²) in [5.41, 5.74) is 6.08. The van der Waals surface area contributed by atoms with Crippen molar-refractivity contribution in [3.05, 3.63) is 0 Å². The van der Waals surface area contributed by atoms with Crippen LogP contribution in [0.25, 0.3) is 0 Å². The van der Waals surface area contributed by atoms with Gasteiger partial charge in [0.05, 0.1) is 18.4 Å². The van der Waals surface area contributed by atoms with Crippen LogP contribution in [0.3, 0.4) is 0 Å². The Labute approximate surface area is 103 Å². The SMILES string of the molecule is CC1(C)C[C@H]2NC3NC(N)NCC3[C@@]2(C)CO1. The normalized spacial score (nSPS) is 52.9. The zero-order valence-electron chi connectivity index (χ0n) is 10.9. The standard InChI is InChI=1S/C12H24N4O/c1-11(2)4-8-12(3,6-17-11)7-5-14-10(13)16-9(7)15-8/h7-10,14-16H,4-6,13H2,1-3H3/t7?,8-,9?,10?,12-/m1/s1. The van der Waals surface area contributed by atoms with Gasteiger partial charge in [-0.2, -0.15) is 0 Å². The molecule has 0 aliphatic carbocycles. The Kier molecular flexibility index (Phi) is 2.55. The summed E-state index contributed by atoms with van der Waals surface area (Å²) in [4.78, 5) is 0. The Morgan fingerprint density at radius 1 is 1.24 bits per heavy atom. The van der Waals surface area contributed by atoms with Crippen molar-refractivity contribution < 1.29 is 4.74 Å². The van der Waals surface area contributed by atoms with Gasteiger partial charge >= 0.3 is 0 Å². The Balaban J connectivity index is 1.82. The van der Waals surface area contributed by atoms with Gasteiger partial charge in [0.25, 0.3) is 0 Å². The van der Waals surface area contributed by atoms with Crippen molar-refractivity contribution in [2.24, 2.45) is 17.1 Å². The van der Waals surface area contributed by atoms with Crippen LogP contribution in [0, 0.1) is 11.3 Å². The molecule has 0 saturated carbocycles. The Hall–Kier alpha value is -0.200. The van der Waals surface area contributed by atoms with E-state index in [4.69, 9.17) is 10.5 Å². The average Bonchev–Trinajstić information content (AvgIpc) is 2.49. The van der Waals surface area contributed by atoms with E-state index in [1.807, 2.05) is 0 Å². The first-order valence-corrected chi connectivity index (χ1v) is 6.56. The van der Waals surface area contributed by atoms with Crippen LogP contribution in [0.5, 0.6) is 0 Å². The van der Waals surface area contributed by atoms with Crippen molar-refractivity contribution in [1.29, 1.82) is 0 Å². The largest absolute Gasteiger partial charge is 0.375 e. The molecule has 3 fully saturated rings. The second-order valence-electron chi connectivity index (χ2n) is 6.61. The molecule has 0 aromatic rings. The van der Waals surface area contributed by atoms with Gasteiger partial charge in [-0.25, -0.2) is 0 Å². The summed E-state index contributed by atoms with van der Waals surface area (Å²) < 4.78 is 6.03. The van der Waals surface area contributed by atoms with Crippen LogP contribution in [0.1, 0.15) is 27.2 Å². The van der Waals surface area contributed by atoms with E-state index in [2.05, 4.69) is 36.7 Å². The third kappa shape index (κ3) is 1.81. The molecule has 0 amide bonds. The van der Waals surface area contributed by atoms with Crippen LogP contribution < -0.4 is 21.7 Å². The van der Waals surface area contributed by atoms with Crippen molar-refractivity contribution in [1.82, 2.24) is 16.0 Å². The number of nitrogens with two attached hydrogens (primary N) is 1. The maximum Gasteiger partial charge on any atom is 0.110 e. The van der Waals surface area contributed by atoms with Crippen LogP contribution in [-0.2, 0) is 4.74 Å². The minimum atomic E-state index is -0.0959. The van der Waals surface area contributed by atoms with E-state index in [1.165, 1.54) is 0 Å². The molecule has 5 N–H and O–H groups in total. The summed E-state index contributed by atoms with van der Waals surface area (Å²) in [6.07, 6.45) is 1.29. The molecule has 3 aliphatic heterocycles. The second-order valence-corrected chi connectivity index (χ2v) is 6.61. The molecule has 5 atom stereocenters. The number of hydrogen-bond acceptors (Lipinski definition) is 5. The van der Waals surface area contributed by atoms with Crippen LogP contribution in [0.4, 0.5) is 0 Å². The summed E-state index contributed by atoms with van der Waals surface area (Å²) in [7, 11) is 0. The summed E-state index contributed by atoms with van der Waals surface area (Å²) in [6.45, 7) is 8.48. The predicted molar refractivity (Wildman–Crippen MR) is 66.1 cm³/mol. The van der Waals surface area contributed by atoms with E-state index in [1.54, 1.807) is 0 Å². The highest BCUT2D eigenvalue weighted by Crippen LogP contribution is 2.47. The molecule has 0 aromatic heterocycles. The molecule has 5 heteroatoms. The van der Waals surface area contributed by atoms with Gasteiger partial charge in [0, 0.05) is 23.9 Å². The van der Waals surface area contributed by atoms with Crippen molar-refractivity contribution >= 4 is 0 Å². The highest BCUT2D eigenvalue weighted by molar-refractivity contribution is 5.10. The van der Waals surface area contributed by atoms with Gasteiger partial charge in [0.2, 0.25) is 0 Å². The quantitative estimate of drug-likeness (QED) is 0.461. The Morgan fingerprint density at radius 3 is 2.76 bits per heavy atom. The molecule has 0 aromatic carbocycles. The Bertz CT molecular complexity index is 322. The molecule has 3 aliphatic rings. The smallest absolute Gasteiger partial charge is 0.110 e. The molecule has 17 heavy (non-hydrogen) atoms. The fraction of sp³-hybridized carbons (Fsp3) is 1.00. The topological polar surface area (TPSA) is 71.3 Å². The lowest BCUT2D eigenvalue weighted by Gasteiger charge is -2.47. The molecule has 0 bridgehead atoms. The average molecular weight is 240 g/mol. The van der Waals surface area contributed by atoms with Gasteiger partial charge in [0.15, 0.2) is 0 Å². The van der Waals surface area contributed by atoms with Crippen LogP contribution in [0.15, 0.2) is 0 Å². The first-order chi connectivity index (χ1) is 7.91. The maximum absolute atomic E-state index is 6.03. The second kappa shape index (κ2) is 3.65. The third-order valence-electron chi connectivity index (χ3n) is 4.81. The molecule has 3 saturated heterocycles. The highest BCUT2D eigenvalue weighted by Gasteiger charge is 2.56. The van der Waals surface area contributed by atoms with Crippen LogP contribution >= 0.6 is 0 Å². The maximum atomic E-state index is 6.03. The molecule has 5 nitrogen and oxygen atoms in total. The molecular formula is C12H24N4O. The summed E-state index contributed by atoms with van der Waals surface area (Å²) in [5.74, 6) is 0.545. The van der Waals surface area contributed by atoms with Gasteiger partial charge in [-0.1, -0.05) is 6.92 Å². The lowest BCUT2D eigenvalue weighted by Crippen LogP contribution is -2.65. The molecule has 0 radical (unpaired) electrons. The molecule has 0 spiro atoms. The van der Waals surface area contributed by atoms with E-state index in [0.29, 0.717) is 18.1 Å². The number of rotatable bonds is 0. The van der Waals surface area contributed by atoms with Gasteiger partial charge in [0.1, 0.15) is 6.29 Å². The zero-order chi connectivity index (χ0) is 12.3. The van der Waals surface area contributed by atoms with Gasteiger partial charge in [-0.3, -0.25) is 16.0 Å². The number of ether oxygens (including phenoxy) is 1. The fourth-order valence-corrected chi connectivity index (χ4v) is 3.59. The summed E-state index contributed by atoms with van der Waals surface area (Å²) >= 11 is 0. The van der Waals surface area contributed by atoms with Crippen molar-refractivity contribution in [3.63, 3.8) is 0 Å². The molecule has 3 heterocycles. The van der Waals surface area contributed by atoms with Gasteiger partial charge in [-0.15, -0.1) is 0 Å². The van der Waals surface area contributed by atoms with E-state index in [-0.39, 0.29) is 17.3 Å². The van der Waals surface area contributed by atoms with E-state index in [0.717, 1.165) is 19.6 Å². The fourth-order valence-electron chi connectivity index (χ4n) is 3.59. The summed E-state index contributed by atoms with van der Waals surface area (Å²) in [6, 6.07) is 0.515. The van der Waals surface area contributed by atoms with Crippen molar-refractivity contribution in [3.8, 4) is 0 Å². The monoisotopic (exact) mass is 240 g/mol. The van der Waals surface area contributed by atoms with Crippen molar-refractivity contribution in [2.75, 3.05) is 13.2 Å². The minimum Gasteiger partial charge on any atom is -0.375 e. The van der Waals surface area contributed by atoms with Gasteiger partial charge in [-0.05, 0) is 20.3 Å².